The molecule has 1 aromatic heterocycles. The van der Waals surface area contributed by atoms with E-state index in [2.05, 4.69) is 31.8 Å². The first-order valence-corrected chi connectivity index (χ1v) is 7.15. The summed E-state index contributed by atoms with van der Waals surface area (Å²) in [5, 5.41) is 0. The van der Waals surface area contributed by atoms with E-state index in [0.717, 1.165) is 31.6 Å². The lowest BCUT2D eigenvalue weighted by atomic mass is 9.88. The summed E-state index contributed by atoms with van der Waals surface area (Å²) in [6.45, 7) is 6.57. The highest BCUT2D eigenvalue weighted by Gasteiger charge is 2.22. The van der Waals surface area contributed by atoms with E-state index in [1.54, 1.807) is 7.11 Å². The molecule has 0 N–H and O–H groups in total. The van der Waals surface area contributed by atoms with E-state index in [1.165, 1.54) is 5.56 Å². The number of aromatic nitrogens is 1. The standard InChI is InChI=1S/C16H25NO2/c1-16(2,3)12-5-10-15(17-11-12)19-14-8-6-13(18-4)7-9-14/h5,10-11,13-14H,6-9H2,1-4H3. The molecule has 0 unspecified atom stereocenters. The van der Waals surface area contributed by atoms with Crippen LogP contribution in [0.2, 0.25) is 0 Å². The quantitative estimate of drug-likeness (QED) is 0.833. The van der Waals surface area contributed by atoms with Crippen molar-refractivity contribution in [1.82, 2.24) is 4.98 Å². The van der Waals surface area contributed by atoms with Gasteiger partial charge in [-0.05, 0) is 36.7 Å². The van der Waals surface area contributed by atoms with Gasteiger partial charge >= 0.3 is 0 Å². The third kappa shape index (κ3) is 3.93. The molecule has 0 amide bonds. The molecule has 3 heteroatoms. The van der Waals surface area contributed by atoms with E-state index >= 15 is 0 Å². The van der Waals surface area contributed by atoms with Crippen molar-refractivity contribution >= 4 is 0 Å². The summed E-state index contributed by atoms with van der Waals surface area (Å²) in [5.74, 6) is 0.744. The molecule has 1 saturated carbocycles. The zero-order valence-electron chi connectivity index (χ0n) is 12.5. The molecule has 0 spiro atoms. The van der Waals surface area contributed by atoms with Gasteiger partial charge in [-0.25, -0.2) is 4.98 Å². The monoisotopic (exact) mass is 263 g/mol. The van der Waals surface area contributed by atoms with Crippen molar-refractivity contribution in [1.29, 1.82) is 0 Å². The fourth-order valence-electron chi connectivity index (χ4n) is 2.45. The Kier molecular flexibility index (Phi) is 4.46. The minimum absolute atomic E-state index is 0.141. The maximum atomic E-state index is 5.95. The van der Waals surface area contributed by atoms with Crippen LogP contribution in [-0.2, 0) is 10.2 Å². The Morgan fingerprint density at radius 1 is 1.05 bits per heavy atom. The Balaban J connectivity index is 1.90. The van der Waals surface area contributed by atoms with Crippen LogP contribution in [0, 0.1) is 0 Å². The molecule has 0 aromatic carbocycles. The summed E-state index contributed by atoms with van der Waals surface area (Å²) in [7, 11) is 1.79. The number of ether oxygens (including phenoxy) is 2. The molecule has 1 heterocycles. The molecule has 0 aliphatic heterocycles. The average Bonchev–Trinajstić information content (AvgIpc) is 2.39. The lowest BCUT2D eigenvalue weighted by Crippen LogP contribution is -2.27. The highest BCUT2D eigenvalue weighted by molar-refractivity contribution is 5.23. The van der Waals surface area contributed by atoms with Gasteiger partial charge in [0.2, 0.25) is 5.88 Å². The molecule has 1 aliphatic carbocycles. The predicted molar refractivity (Wildman–Crippen MR) is 76.6 cm³/mol. The van der Waals surface area contributed by atoms with E-state index in [9.17, 15) is 0 Å². The Labute approximate surface area is 116 Å². The van der Waals surface area contributed by atoms with E-state index < -0.39 is 0 Å². The summed E-state index contributed by atoms with van der Waals surface area (Å²) in [4.78, 5) is 4.42. The van der Waals surface area contributed by atoms with Gasteiger partial charge in [-0.15, -0.1) is 0 Å². The molecule has 1 aromatic rings. The average molecular weight is 263 g/mol. The van der Waals surface area contributed by atoms with Crippen LogP contribution in [0.15, 0.2) is 18.3 Å². The van der Waals surface area contributed by atoms with Gasteiger partial charge < -0.3 is 9.47 Å². The lowest BCUT2D eigenvalue weighted by molar-refractivity contribution is 0.0314. The number of hydrogen-bond acceptors (Lipinski definition) is 3. The minimum atomic E-state index is 0.141. The van der Waals surface area contributed by atoms with Gasteiger partial charge in [-0.3, -0.25) is 0 Å². The second kappa shape index (κ2) is 5.91. The van der Waals surface area contributed by atoms with Gasteiger partial charge in [-0.2, -0.15) is 0 Å². The Morgan fingerprint density at radius 3 is 2.16 bits per heavy atom. The highest BCUT2D eigenvalue weighted by Crippen LogP contribution is 2.26. The summed E-state index contributed by atoms with van der Waals surface area (Å²) >= 11 is 0. The fraction of sp³-hybridized carbons (Fsp3) is 0.688. The molecule has 0 bridgehead atoms. The summed E-state index contributed by atoms with van der Waals surface area (Å²) in [6, 6.07) is 4.10. The van der Waals surface area contributed by atoms with Gasteiger partial charge in [0, 0.05) is 19.4 Å². The second-order valence-electron chi connectivity index (χ2n) is 6.39. The SMILES string of the molecule is COC1CCC(Oc2ccc(C(C)(C)C)cn2)CC1. The van der Waals surface area contributed by atoms with E-state index in [0.29, 0.717) is 12.2 Å². The minimum Gasteiger partial charge on any atom is -0.474 e. The first-order chi connectivity index (χ1) is 8.99. The van der Waals surface area contributed by atoms with Crippen molar-refractivity contribution in [2.24, 2.45) is 0 Å². The summed E-state index contributed by atoms with van der Waals surface area (Å²) < 4.78 is 11.3. The molecule has 2 rings (SSSR count). The summed E-state index contributed by atoms with van der Waals surface area (Å²) in [6.07, 6.45) is 6.91. The normalized spacial score (nSPS) is 24.2. The number of hydrogen-bond donors (Lipinski definition) is 0. The van der Waals surface area contributed by atoms with Crippen LogP contribution in [0.3, 0.4) is 0 Å². The Morgan fingerprint density at radius 2 is 1.68 bits per heavy atom. The first kappa shape index (κ1) is 14.3. The third-order valence-corrected chi connectivity index (χ3v) is 3.84. The first-order valence-electron chi connectivity index (χ1n) is 7.15. The van der Waals surface area contributed by atoms with Crippen molar-refractivity contribution in [2.45, 2.75) is 64.1 Å². The molecule has 106 valence electrons. The van der Waals surface area contributed by atoms with Crippen LogP contribution in [0.1, 0.15) is 52.0 Å². The molecule has 0 radical (unpaired) electrons. The molecular weight excluding hydrogens is 238 g/mol. The van der Waals surface area contributed by atoms with Crippen LogP contribution in [0.25, 0.3) is 0 Å². The lowest BCUT2D eigenvalue weighted by Gasteiger charge is -2.27. The zero-order valence-corrected chi connectivity index (χ0v) is 12.5. The third-order valence-electron chi connectivity index (χ3n) is 3.84. The maximum absolute atomic E-state index is 5.95. The molecule has 1 aliphatic rings. The fourth-order valence-corrected chi connectivity index (χ4v) is 2.45. The van der Waals surface area contributed by atoms with E-state index in [4.69, 9.17) is 9.47 Å². The predicted octanol–water partition coefficient (Wildman–Crippen LogP) is 3.72. The smallest absolute Gasteiger partial charge is 0.213 e. The van der Waals surface area contributed by atoms with Crippen LogP contribution in [0.5, 0.6) is 5.88 Å². The van der Waals surface area contributed by atoms with E-state index in [-0.39, 0.29) is 5.41 Å². The second-order valence-corrected chi connectivity index (χ2v) is 6.39. The maximum Gasteiger partial charge on any atom is 0.213 e. The highest BCUT2D eigenvalue weighted by atomic mass is 16.5. The molecule has 1 fully saturated rings. The number of nitrogens with zero attached hydrogens (tertiary/aromatic N) is 1. The van der Waals surface area contributed by atoms with Gasteiger partial charge in [-0.1, -0.05) is 26.8 Å². The molecule has 0 saturated heterocycles. The Bertz CT molecular complexity index is 386. The van der Waals surface area contributed by atoms with Gasteiger partial charge in [0.25, 0.3) is 0 Å². The summed E-state index contributed by atoms with van der Waals surface area (Å²) in [5.41, 5.74) is 1.38. The van der Waals surface area contributed by atoms with Crippen molar-refractivity contribution in [2.75, 3.05) is 7.11 Å². The zero-order chi connectivity index (χ0) is 13.9. The van der Waals surface area contributed by atoms with Crippen LogP contribution in [0.4, 0.5) is 0 Å². The van der Waals surface area contributed by atoms with Gasteiger partial charge in [0.05, 0.1) is 6.10 Å². The van der Waals surface area contributed by atoms with Crippen molar-refractivity contribution in [3.05, 3.63) is 23.9 Å². The van der Waals surface area contributed by atoms with Crippen LogP contribution in [-0.4, -0.2) is 24.3 Å². The van der Waals surface area contributed by atoms with Crippen molar-refractivity contribution in [3.8, 4) is 5.88 Å². The van der Waals surface area contributed by atoms with Gasteiger partial charge in [0.1, 0.15) is 6.10 Å². The molecule has 19 heavy (non-hydrogen) atoms. The molecule has 3 nitrogen and oxygen atoms in total. The molecular formula is C16H25NO2. The number of rotatable bonds is 3. The topological polar surface area (TPSA) is 31.4 Å². The Hall–Kier alpha value is -1.09. The van der Waals surface area contributed by atoms with Crippen molar-refractivity contribution < 1.29 is 9.47 Å². The van der Waals surface area contributed by atoms with Gasteiger partial charge in [0.15, 0.2) is 0 Å². The van der Waals surface area contributed by atoms with Crippen LogP contribution < -0.4 is 4.74 Å². The molecule has 0 atom stereocenters. The number of pyridine rings is 1. The van der Waals surface area contributed by atoms with Crippen LogP contribution >= 0.6 is 0 Å². The number of methoxy groups -OCH3 is 1. The van der Waals surface area contributed by atoms with Crippen molar-refractivity contribution in [3.63, 3.8) is 0 Å². The van der Waals surface area contributed by atoms with E-state index in [1.807, 2.05) is 12.3 Å². The largest absolute Gasteiger partial charge is 0.474 e.